The van der Waals surface area contributed by atoms with E-state index < -0.39 is 11.9 Å². The fourth-order valence-corrected chi connectivity index (χ4v) is 2.60. The number of pyridine rings is 1. The zero-order chi connectivity index (χ0) is 13.3. The predicted molar refractivity (Wildman–Crippen MR) is 68.5 cm³/mol. The van der Waals surface area contributed by atoms with Crippen LogP contribution in [0.5, 0.6) is 0 Å². The molecule has 0 atom stereocenters. The quantitative estimate of drug-likeness (QED) is 0.809. The van der Waals surface area contributed by atoms with Crippen LogP contribution in [0.4, 0.5) is 5.82 Å². The molecule has 2 rings (SSSR count). The number of hydrogen-bond acceptors (Lipinski definition) is 6. The number of nitrogen functional groups attached to an aromatic ring is 1. The molecule has 2 aromatic rings. The third kappa shape index (κ3) is 2.00. The van der Waals surface area contributed by atoms with Crippen molar-refractivity contribution in [1.82, 2.24) is 4.98 Å². The average Bonchev–Trinajstić information content (AvgIpc) is 2.75. The lowest BCUT2D eigenvalue weighted by molar-refractivity contribution is 0.0532. The molecule has 0 bridgehead atoms. The summed E-state index contributed by atoms with van der Waals surface area (Å²) in [7, 11) is 0. The average molecular weight is 265 g/mol. The summed E-state index contributed by atoms with van der Waals surface area (Å²) in [5.74, 6) is -0.805. The highest BCUT2D eigenvalue weighted by Crippen LogP contribution is 2.31. The predicted octanol–water partition coefficient (Wildman–Crippen LogP) is 1.15. The van der Waals surface area contributed by atoms with Crippen LogP contribution in [-0.4, -0.2) is 23.5 Å². The maximum atomic E-state index is 11.6. The van der Waals surface area contributed by atoms with Gasteiger partial charge in [0.1, 0.15) is 10.7 Å². The topological polar surface area (TPSA) is 108 Å². The number of rotatable bonds is 3. The van der Waals surface area contributed by atoms with Gasteiger partial charge in [-0.1, -0.05) is 0 Å². The van der Waals surface area contributed by atoms with Crippen molar-refractivity contribution in [3.63, 3.8) is 0 Å². The molecule has 2 aromatic heterocycles. The van der Waals surface area contributed by atoms with Crippen molar-refractivity contribution < 1.29 is 14.3 Å². The molecule has 7 heteroatoms. The van der Waals surface area contributed by atoms with Gasteiger partial charge in [0.15, 0.2) is 0 Å². The Morgan fingerprint density at radius 1 is 1.50 bits per heavy atom. The molecule has 18 heavy (non-hydrogen) atoms. The van der Waals surface area contributed by atoms with Gasteiger partial charge in [-0.05, 0) is 13.0 Å². The number of carbonyl (C=O) groups is 2. The number of anilines is 1. The number of carbonyl (C=O) groups excluding carboxylic acids is 2. The van der Waals surface area contributed by atoms with Gasteiger partial charge in [-0.25, -0.2) is 9.78 Å². The summed E-state index contributed by atoms with van der Waals surface area (Å²) in [6, 6.07) is 1.56. The Balaban J connectivity index is 2.62. The fourth-order valence-electron chi connectivity index (χ4n) is 1.52. The highest BCUT2D eigenvalue weighted by atomic mass is 32.1. The monoisotopic (exact) mass is 265 g/mol. The number of nitrogens with two attached hydrogens (primary N) is 2. The van der Waals surface area contributed by atoms with E-state index in [2.05, 4.69) is 4.98 Å². The summed E-state index contributed by atoms with van der Waals surface area (Å²) in [5.41, 5.74) is 11.2. The number of aromatic nitrogens is 1. The summed E-state index contributed by atoms with van der Waals surface area (Å²) < 4.78 is 5.45. The minimum absolute atomic E-state index is 0.250. The van der Waals surface area contributed by atoms with Gasteiger partial charge in [0.2, 0.25) is 0 Å². The first-order chi connectivity index (χ1) is 8.54. The van der Waals surface area contributed by atoms with Crippen molar-refractivity contribution in [2.75, 3.05) is 12.3 Å². The molecule has 0 saturated carbocycles. The van der Waals surface area contributed by atoms with E-state index in [1.165, 1.54) is 6.20 Å². The summed E-state index contributed by atoms with van der Waals surface area (Å²) in [6.45, 7) is 2.00. The summed E-state index contributed by atoms with van der Waals surface area (Å²) in [5, 5.41) is 0.541. The van der Waals surface area contributed by atoms with Crippen molar-refractivity contribution in [3.8, 4) is 0 Å². The van der Waals surface area contributed by atoms with Gasteiger partial charge in [0.05, 0.1) is 16.9 Å². The number of fused-ring (bicyclic) bond motifs is 1. The highest BCUT2D eigenvalue weighted by molar-refractivity contribution is 7.21. The Morgan fingerprint density at radius 2 is 2.22 bits per heavy atom. The molecule has 6 nitrogen and oxygen atoms in total. The van der Waals surface area contributed by atoms with Crippen molar-refractivity contribution in [3.05, 3.63) is 22.7 Å². The lowest BCUT2D eigenvalue weighted by atomic mass is 10.2. The molecule has 0 unspecified atom stereocenters. The van der Waals surface area contributed by atoms with Gasteiger partial charge in [0, 0.05) is 11.6 Å². The second-order valence-corrected chi connectivity index (χ2v) is 4.55. The molecule has 4 N–H and O–H groups in total. The van der Waals surface area contributed by atoms with Crippen LogP contribution in [0.25, 0.3) is 10.1 Å². The first-order valence-electron chi connectivity index (χ1n) is 5.19. The van der Waals surface area contributed by atoms with E-state index in [-0.39, 0.29) is 18.0 Å². The molecular weight excluding hydrogens is 254 g/mol. The zero-order valence-corrected chi connectivity index (χ0v) is 10.4. The molecule has 1 amide bonds. The van der Waals surface area contributed by atoms with Crippen LogP contribution in [0.15, 0.2) is 12.3 Å². The standard InChI is InChI=1S/C11H11N3O3S/c1-2-17-11(16)7-3-5-8(18-7)6(10(13)15)4-14-9(5)12/h3-4H,2H2,1H3,(H2,12,14)(H2,13,15). The van der Waals surface area contributed by atoms with Crippen LogP contribution in [0.1, 0.15) is 27.0 Å². The van der Waals surface area contributed by atoms with E-state index in [9.17, 15) is 9.59 Å². The molecular formula is C11H11N3O3S. The van der Waals surface area contributed by atoms with Gasteiger partial charge >= 0.3 is 5.97 Å². The lowest BCUT2D eigenvalue weighted by Gasteiger charge is -1.99. The Hall–Kier alpha value is -2.15. The largest absolute Gasteiger partial charge is 0.462 e. The summed E-state index contributed by atoms with van der Waals surface area (Å²) in [4.78, 5) is 27.1. The Kier molecular flexibility index (Phi) is 3.15. The smallest absolute Gasteiger partial charge is 0.348 e. The Labute approximate surface area is 107 Å². The fraction of sp³-hybridized carbons (Fsp3) is 0.182. The normalized spacial score (nSPS) is 10.5. The minimum atomic E-state index is -0.607. The van der Waals surface area contributed by atoms with Crippen LogP contribution < -0.4 is 11.5 Å². The SMILES string of the molecule is CCOC(=O)c1cc2c(N)ncc(C(N)=O)c2s1. The molecule has 0 fully saturated rings. The molecule has 0 aliphatic carbocycles. The van der Waals surface area contributed by atoms with Gasteiger partial charge in [-0.3, -0.25) is 4.79 Å². The Bertz CT molecular complexity index is 636. The number of amides is 1. The van der Waals surface area contributed by atoms with Crippen LogP contribution in [0, 0.1) is 0 Å². The molecule has 0 aromatic carbocycles. The highest BCUT2D eigenvalue weighted by Gasteiger charge is 2.17. The Morgan fingerprint density at radius 3 is 2.83 bits per heavy atom. The van der Waals surface area contributed by atoms with Gasteiger partial charge < -0.3 is 16.2 Å². The summed E-state index contributed by atoms with van der Waals surface area (Å²) >= 11 is 1.12. The lowest BCUT2D eigenvalue weighted by Crippen LogP contribution is -2.11. The number of ether oxygens (including phenoxy) is 1. The molecule has 94 valence electrons. The number of thiophene rings is 1. The van der Waals surface area contributed by atoms with E-state index in [4.69, 9.17) is 16.2 Å². The zero-order valence-electron chi connectivity index (χ0n) is 9.60. The van der Waals surface area contributed by atoms with Crippen LogP contribution >= 0.6 is 11.3 Å². The minimum Gasteiger partial charge on any atom is -0.462 e. The van der Waals surface area contributed by atoms with Crippen molar-refractivity contribution >= 4 is 39.1 Å². The van der Waals surface area contributed by atoms with E-state index in [1.54, 1.807) is 13.0 Å². The molecule has 0 aliphatic rings. The summed E-state index contributed by atoms with van der Waals surface area (Å²) in [6.07, 6.45) is 1.31. The molecule has 0 saturated heterocycles. The number of esters is 1. The molecule has 0 spiro atoms. The maximum absolute atomic E-state index is 11.6. The van der Waals surface area contributed by atoms with E-state index in [0.29, 0.717) is 15.0 Å². The molecule has 0 radical (unpaired) electrons. The van der Waals surface area contributed by atoms with Gasteiger partial charge in [-0.2, -0.15) is 0 Å². The molecule has 2 heterocycles. The van der Waals surface area contributed by atoms with E-state index in [1.807, 2.05) is 0 Å². The third-order valence-corrected chi connectivity index (χ3v) is 3.48. The second-order valence-electron chi connectivity index (χ2n) is 3.50. The number of primary amides is 1. The van der Waals surface area contributed by atoms with Crippen molar-refractivity contribution in [2.45, 2.75) is 6.92 Å². The second kappa shape index (κ2) is 4.61. The van der Waals surface area contributed by atoms with Crippen LogP contribution in [-0.2, 0) is 4.74 Å². The number of hydrogen-bond donors (Lipinski definition) is 2. The van der Waals surface area contributed by atoms with Crippen LogP contribution in [0.2, 0.25) is 0 Å². The molecule has 0 aliphatic heterocycles. The number of nitrogens with zero attached hydrogens (tertiary/aromatic N) is 1. The van der Waals surface area contributed by atoms with Crippen molar-refractivity contribution in [1.29, 1.82) is 0 Å². The van der Waals surface area contributed by atoms with Crippen molar-refractivity contribution in [2.24, 2.45) is 5.73 Å². The maximum Gasteiger partial charge on any atom is 0.348 e. The first kappa shape index (κ1) is 12.3. The van der Waals surface area contributed by atoms with E-state index >= 15 is 0 Å². The van der Waals surface area contributed by atoms with E-state index in [0.717, 1.165) is 11.3 Å². The van der Waals surface area contributed by atoms with Gasteiger partial charge in [-0.15, -0.1) is 11.3 Å². The van der Waals surface area contributed by atoms with Gasteiger partial charge in [0.25, 0.3) is 5.91 Å². The first-order valence-corrected chi connectivity index (χ1v) is 6.01. The third-order valence-electron chi connectivity index (χ3n) is 2.33. The van der Waals surface area contributed by atoms with Crippen LogP contribution in [0.3, 0.4) is 0 Å².